The third-order valence-electron chi connectivity index (χ3n) is 3.61. The molecule has 2 rings (SSSR count). The highest BCUT2D eigenvalue weighted by molar-refractivity contribution is 6.30. The van der Waals surface area contributed by atoms with Gasteiger partial charge in [0.2, 0.25) is 5.91 Å². The van der Waals surface area contributed by atoms with Crippen LogP contribution in [0, 0.1) is 6.92 Å². The Kier molecular flexibility index (Phi) is 6.57. The number of carbonyl (C=O) groups excluding carboxylic acids is 3. The maximum atomic E-state index is 12.1. The van der Waals surface area contributed by atoms with Crippen LogP contribution >= 0.6 is 11.6 Å². The van der Waals surface area contributed by atoms with E-state index in [4.69, 9.17) is 17.3 Å². The largest absolute Gasteiger partial charge is 0.352 e. The van der Waals surface area contributed by atoms with E-state index in [-0.39, 0.29) is 6.42 Å². The first-order chi connectivity index (χ1) is 12.3. The molecule has 1 atom stereocenters. The molecule has 0 radical (unpaired) electrons. The Morgan fingerprint density at radius 1 is 1.00 bits per heavy atom. The lowest BCUT2D eigenvalue weighted by atomic mass is 10.0. The second kappa shape index (κ2) is 8.87. The van der Waals surface area contributed by atoms with E-state index in [1.807, 2.05) is 6.92 Å². The summed E-state index contributed by atoms with van der Waals surface area (Å²) in [7, 11) is 0. The fourth-order valence-electron chi connectivity index (χ4n) is 2.26. The number of halogens is 1. The van der Waals surface area contributed by atoms with Crippen LogP contribution in [0.5, 0.6) is 0 Å². The van der Waals surface area contributed by atoms with Crippen LogP contribution in [0.2, 0.25) is 5.02 Å². The molecular formula is C18H19ClN4O3. The van der Waals surface area contributed by atoms with Gasteiger partial charge in [0.05, 0.1) is 12.5 Å². The maximum Gasteiger partial charge on any atom is 0.312 e. The van der Waals surface area contributed by atoms with Crippen LogP contribution in [0.25, 0.3) is 0 Å². The van der Waals surface area contributed by atoms with Crippen LogP contribution in [0.1, 0.15) is 33.9 Å². The van der Waals surface area contributed by atoms with Crippen LogP contribution in [-0.2, 0) is 4.79 Å². The summed E-state index contributed by atoms with van der Waals surface area (Å²) in [6, 6.07) is 12.1. The van der Waals surface area contributed by atoms with E-state index < -0.39 is 23.9 Å². The topological polar surface area (TPSA) is 113 Å². The molecule has 0 aliphatic heterocycles. The Hall–Kier alpha value is -3.06. The fraction of sp³-hybridized carbons (Fsp3) is 0.167. The van der Waals surface area contributed by atoms with Gasteiger partial charge in [-0.15, -0.1) is 0 Å². The van der Waals surface area contributed by atoms with Crippen molar-refractivity contribution >= 4 is 29.4 Å². The van der Waals surface area contributed by atoms with Crippen LogP contribution in [-0.4, -0.2) is 17.8 Å². The van der Waals surface area contributed by atoms with Gasteiger partial charge < -0.3 is 11.1 Å². The highest BCUT2D eigenvalue weighted by Crippen LogP contribution is 2.19. The summed E-state index contributed by atoms with van der Waals surface area (Å²) in [4.78, 5) is 35.3. The van der Waals surface area contributed by atoms with Gasteiger partial charge in [0.25, 0.3) is 5.91 Å². The zero-order chi connectivity index (χ0) is 19.1. The third kappa shape index (κ3) is 5.78. The molecule has 0 bridgehead atoms. The van der Waals surface area contributed by atoms with Gasteiger partial charge in [0.15, 0.2) is 0 Å². The summed E-state index contributed by atoms with van der Waals surface area (Å²) in [6.45, 7) is 1.91. The SMILES string of the molecule is Cc1ccc(C(=O)NNC(=O)C[C@@H](NC(N)=O)c2ccc(Cl)cc2)cc1. The predicted molar refractivity (Wildman–Crippen MR) is 98.3 cm³/mol. The number of primary amides is 1. The molecule has 0 unspecified atom stereocenters. The molecule has 0 aliphatic carbocycles. The van der Waals surface area contributed by atoms with E-state index in [9.17, 15) is 14.4 Å². The Morgan fingerprint density at radius 3 is 2.19 bits per heavy atom. The van der Waals surface area contributed by atoms with Crippen LogP contribution in [0.3, 0.4) is 0 Å². The predicted octanol–water partition coefficient (Wildman–Crippen LogP) is 2.21. The van der Waals surface area contributed by atoms with Crippen molar-refractivity contribution in [1.82, 2.24) is 16.2 Å². The van der Waals surface area contributed by atoms with Gasteiger partial charge in [-0.1, -0.05) is 41.4 Å². The number of hydrogen-bond donors (Lipinski definition) is 4. The monoisotopic (exact) mass is 374 g/mol. The van der Waals surface area contributed by atoms with Gasteiger partial charge in [-0.2, -0.15) is 0 Å². The quantitative estimate of drug-likeness (QED) is 0.601. The smallest absolute Gasteiger partial charge is 0.312 e. The summed E-state index contributed by atoms with van der Waals surface area (Å²) >= 11 is 5.84. The lowest BCUT2D eigenvalue weighted by Gasteiger charge is -2.18. The van der Waals surface area contributed by atoms with Crippen LogP contribution in [0.15, 0.2) is 48.5 Å². The molecule has 0 heterocycles. The molecule has 7 nitrogen and oxygen atoms in total. The van der Waals surface area contributed by atoms with E-state index in [2.05, 4.69) is 16.2 Å². The highest BCUT2D eigenvalue weighted by Gasteiger charge is 2.18. The van der Waals surface area contributed by atoms with E-state index in [1.165, 1.54) is 0 Å². The lowest BCUT2D eigenvalue weighted by molar-refractivity contribution is -0.122. The fourth-order valence-corrected chi connectivity index (χ4v) is 2.39. The summed E-state index contributed by atoms with van der Waals surface area (Å²) in [6.07, 6.45) is -0.112. The molecule has 2 aromatic carbocycles. The van der Waals surface area contributed by atoms with Gasteiger partial charge in [-0.05, 0) is 36.8 Å². The van der Waals surface area contributed by atoms with Gasteiger partial charge in [0.1, 0.15) is 0 Å². The molecule has 0 aromatic heterocycles. The Labute approximate surface area is 155 Å². The molecular weight excluding hydrogens is 356 g/mol. The molecule has 0 saturated carbocycles. The maximum absolute atomic E-state index is 12.1. The third-order valence-corrected chi connectivity index (χ3v) is 3.86. The van der Waals surface area contributed by atoms with E-state index in [1.54, 1.807) is 48.5 Å². The summed E-state index contributed by atoms with van der Waals surface area (Å²) < 4.78 is 0. The molecule has 4 amide bonds. The highest BCUT2D eigenvalue weighted by atomic mass is 35.5. The molecule has 8 heteroatoms. The number of hydrazine groups is 1. The van der Waals surface area contributed by atoms with Gasteiger partial charge in [0, 0.05) is 10.6 Å². The number of carbonyl (C=O) groups is 3. The number of aryl methyl sites for hydroxylation is 1. The minimum absolute atomic E-state index is 0.112. The number of hydrogen-bond acceptors (Lipinski definition) is 3. The van der Waals surface area contributed by atoms with E-state index in [0.717, 1.165) is 5.56 Å². The summed E-state index contributed by atoms with van der Waals surface area (Å²) in [5.74, 6) is -0.927. The Balaban J connectivity index is 1.96. The van der Waals surface area contributed by atoms with Crippen molar-refractivity contribution in [3.8, 4) is 0 Å². The number of amides is 4. The molecule has 0 saturated heterocycles. The summed E-state index contributed by atoms with van der Waals surface area (Å²) in [5.41, 5.74) is 11.9. The normalized spacial score (nSPS) is 11.3. The molecule has 0 aliphatic rings. The number of nitrogens with one attached hydrogen (secondary N) is 3. The first kappa shape index (κ1) is 19.3. The van der Waals surface area contributed by atoms with Crippen molar-refractivity contribution in [3.63, 3.8) is 0 Å². The van der Waals surface area contributed by atoms with Crippen molar-refractivity contribution in [3.05, 3.63) is 70.2 Å². The van der Waals surface area contributed by atoms with Crippen molar-refractivity contribution < 1.29 is 14.4 Å². The number of urea groups is 1. The van der Waals surface area contributed by atoms with E-state index >= 15 is 0 Å². The van der Waals surface area contributed by atoms with Crippen LogP contribution in [0.4, 0.5) is 4.79 Å². The van der Waals surface area contributed by atoms with Gasteiger partial charge in [-0.3, -0.25) is 20.4 Å². The van der Waals surface area contributed by atoms with E-state index in [0.29, 0.717) is 16.1 Å². The number of benzene rings is 2. The number of nitrogens with two attached hydrogens (primary N) is 1. The minimum Gasteiger partial charge on any atom is -0.352 e. The van der Waals surface area contributed by atoms with Crippen LogP contribution < -0.4 is 21.9 Å². The Morgan fingerprint density at radius 2 is 1.62 bits per heavy atom. The van der Waals surface area contributed by atoms with Gasteiger partial charge >= 0.3 is 6.03 Å². The Bertz CT molecular complexity index is 791. The minimum atomic E-state index is -0.763. The van der Waals surface area contributed by atoms with Gasteiger partial charge in [-0.25, -0.2) is 4.79 Å². The lowest BCUT2D eigenvalue weighted by Crippen LogP contribution is -2.44. The second-order valence-electron chi connectivity index (χ2n) is 5.69. The molecule has 0 spiro atoms. The van der Waals surface area contributed by atoms with Crippen molar-refractivity contribution in [2.75, 3.05) is 0 Å². The van der Waals surface area contributed by atoms with Crippen molar-refractivity contribution in [2.45, 2.75) is 19.4 Å². The molecule has 0 fully saturated rings. The first-order valence-corrected chi connectivity index (χ1v) is 8.20. The molecule has 5 N–H and O–H groups in total. The van der Waals surface area contributed by atoms with Crippen molar-refractivity contribution in [1.29, 1.82) is 0 Å². The first-order valence-electron chi connectivity index (χ1n) is 7.82. The van der Waals surface area contributed by atoms with Crippen molar-refractivity contribution in [2.24, 2.45) is 5.73 Å². The average molecular weight is 375 g/mol. The molecule has 136 valence electrons. The molecule has 26 heavy (non-hydrogen) atoms. The average Bonchev–Trinajstić information content (AvgIpc) is 2.60. The second-order valence-corrected chi connectivity index (χ2v) is 6.12. The zero-order valence-electron chi connectivity index (χ0n) is 14.1. The standard InChI is InChI=1S/C18H19ClN4O3/c1-11-2-4-13(5-3-11)17(25)23-22-16(24)10-15(21-18(20)26)12-6-8-14(19)9-7-12/h2-9,15H,10H2,1H3,(H,22,24)(H,23,25)(H3,20,21,26)/t15-/m1/s1. The molecule has 2 aromatic rings. The summed E-state index contributed by atoms with van der Waals surface area (Å²) in [5, 5.41) is 3.02. The number of rotatable bonds is 5. The zero-order valence-corrected chi connectivity index (χ0v) is 14.8.